The first kappa shape index (κ1) is 20.0. The molecular weight excluding hydrogens is 402 g/mol. The maximum atomic E-state index is 12.8. The Kier molecular flexibility index (Phi) is 4.69. The molecule has 4 aliphatic carbocycles. The van der Waals surface area contributed by atoms with Crippen LogP contribution in [0, 0.1) is 29.1 Å². The maximum Gasteiger partial charge on any atom is 0.321 e. The molecule has 3 atom stereocenters. The summed E-state index contributed by atoms with van der Waals surface area (Å²) in [5.74, 6) is 2.67. The number of hydrogen-bond donors (Lipinski definition) is 2. The number of hydrogen-bond acceptors (Lipinski definition) is 4. The first-order valence-electron chi connectivity index (χ1n) is 12.2. The zero-order chi connectivity index (χ0) is 21.9. The van der Waals surface area contributed by atoms with E-state index in [4.69, 9.17) is 0 Å². The zero-order valence-corrected chi connectivity index (χ0v) is 18.4. The van der Waals surface area contributed by atoms with Crippen LogP contribution in [0.25, 0.3) is 0 Å². The third-order valence-corrected chi connectivity index (χ3v) is 8.98. The van der Waals surface area contributed by atoms with Crippen LogP contribution in [0.5, 0.6) is 0 Å². The molecule has 0 aromatic heterocycles. The Morgan fingerprint density at radius 3 is 2.59 bits per heavy atom. The summed E-state index contributed by atoms with van der Waals surface area (Å²) in [5, 5.41) is 15.9. The summed E-state index contributed by atoms with van der Waals surface area (Å²) < 4.78 is 0. The number of likely N-dealkylation sites (tertiary alicyclic amines) is 1. The van der Waals surface area contributed by atoms with Crippen LogP contribution in [0.15, 0.2) is 24.3 Å². The van der Waals surface area contributed by atoms with E-state index in [1.54, 1.807) is 4.90 Å². The normalized spacial score (nSPS) is 37.2. The molecule has 1 aromatic carbocycles. The third-order valence-electron chi connectivity index (χ3n) is 8.98. The first-order chi connectivity index (χ1) is 15.6. The van der Waals surface area contributed by atoms with Gasteiger partial charge in [-0.25, -0.2) is 4.79 Å². The highest BCUT2D eigenvalue weighted by Gasteiger charge is 2.61. The Labute approximate surface area is 189 Å². The quantitative estimate of drug-likeness (QED) is 0.747. The standard InChI is InChI=1S/C25H31N5O2/c26-14-21-2-1-8-29(21)22(31)15-28-25-12-17-10-19(25)11-18(13-25)23(17)16-3-5-20(6-4-16)30-9-7-27-24(30)32/h3-6,17-19,21,23,28H,1-2,7-13,15H2,(H,27,32)/t17?,18?,19?,21-,23?,25?/m0/s1. The van der Waals surface area contributed by atoms with Crippen LogP contribution in [-0.2, 0) is 4.79 Å². The number of nitrogens with one attached hydrogen (secondary N) is 2. The van der Waals surface area contributed by atoms with E-state index in [1.165, 1.54) is 18.4 Å². The number of amides is 3. The minimum Gasteiger partial charge on any atom is -0.336 e. The van der Waals surface area contributed by atoms with Crippen LogP contribution in [0.2, 0.25) is 0 Å². The Bertz CT molecular complexity index is 954. The lowest BCUT2D eigenvalue weighted by molar-refractivity contribution is -0.130. The largest absolute Gasteiger partial charge is 0.336 e. The number of nitriles is 1. The van der Waals surface area contributed by atoms with Crippen molar-refractivity contribution in [2.75, 3.05) is 31.1 Å². The van der Waals surface area contributed by atoms with Gasteiger partial charge in [0.15, 0.2) is 0 Å². The van der Waals surface area contributed by atoms with Gasteiger partial charge in [0, 0.05) is 30.9 Å². The van der Waals surface area contributed by atoms with Gasteiger partial charge in [0.05, 0.1) is 12.6 Å². The molecule has 6 fully saturated rings. The minimum absolute atomic E-state index is 0.00605. The van der Waals surface area contributed by atoms with Crippen molar-refractivity contribution in [2.45, 2.75) is 56.0 Å². The minimum atomic E-state index is -0.239. The van der Waals surface area contributed by atoms with Crippen molar-refractivity contribution in [1.29, 1.82) is 5.26 Å². The van der Waals surface area contributed by atoms with Crippen LogP contribution in [0.3, 0.4) is 0 Å². The summed E-state index contributed by atoms with van der Waals surface area (Å²) in [6.07, 6.45) is 6.51. The van der Waals surface area contributed by atoms with Gasteiger partial charge < -0.3 is 15.5 Å². The summed E-state index contributed by atoms with van der Waals surface area (Å²) in [7, 11) is 0. The number of rotatable bonds is 5. The number of nitrogens with zero attached hydrogens (tertiary/aromatic N) is 3. The molecule has 2 heterocycles. The zero-order valence-electron chi connectivity index (χ0n) is 18.4. The van der Waals surface area contributed by atoms with Crippen LogP contribution < -0.4 is 15.5 Å². The van der Waals surface area contributed by atoms with E-state index in [0.717, 1.165) is 44.5 Å². The molecule has 1 aromatic rings. The molecule has 2 saturated heterocycles. The lowest BCUT2D eigenvalue weighted by Crippen LogP contribution is -2.51. The van der Waals surface area contributed by atoms with Gasteiger partial charge >= 0.3 is 6.03 Å². The molecule has 2 aliphatic heterocycles. The van der Waals surface area contributed by atoms with Gasteiger partial charge in [-0.05, 0) is 79.9 Å². The molecule has 7 heteroatoms. The number of carbonyl (C=O) groups is 2. The van der Waals surface area contributed by atoms with E-state index in [0.29, 0.717) is 36.8 Å². The molecule has 168 valence electrons. The molecule has 3 amide bonds. The van der Waals surface area contributed by atoms with Crippen molar-refractivity contribution in [3.8, 4) is 6.07 Å². The number of urea groups is 1. The van der Waals surface area contributed by atoms with Gasteiger partial charge in [0.1, 0.15) is 6.04 Å². The second-order valence-corrected chi connectivity index (χ2v) is 10.5. The monoisotopic (exact) mass is 433 g/mol. The van der Waals surface area contributed by atoms with Gasteiger partial charge in [0.25, 0.3) is 0 Å². The van der Waals surface area contributed by atoms with Crippen LogP contribution in [0.4, 0.5) is 10.5 Å². The SMILES string of the molecule is N#C[C@@H]1CCCN1C(=O)CNC12CC3CC1CC(C2)C3c1ccc(N2CCNC2=O)cc1. The summed E-state index contributed by atoms with van der Waals surface area (Å²) >= 11 is 0. The smallest absolute Gasteiger partial charge is 0.321 e. The van der Waals surface area contributed by atoms with Crippen molar-refractivity contribution in [1.82, 2.24) is 15.5 Å². The Morgan fingerprint density at radius 2 is 1.94 bits per heavy atom. The summed E-state index contributed by atoms with van der Waals surface area (Å²) in [5.41, 5.74) is 2.49. The molecule has 4 bridgehead atoms. The average Bonchev–Trinajstić information content (AvgIpc) is 3.55. The highest BCUT2D eigenvalue weighted by atomic mass is 16.2. The van der Waals surface area contributed by atoms with E-state index >= 15 is 0 Å². The number of carbonyl (C=O) groups excluding carboxylic acids is 2. The second-order valence-electron chi connectivity index (χ2n) is 10.5. The van der Waals surface area contributed by atoms with Gasteiger partial charge in [-0.15, -0.1) is 0 Å². The van der Waals surface area contributed by atoms with E-state index in [9.17, 15) is 14.9 Å². The van der Waals surface area contributed by atoms with Crippen molar-refractivity contribution in [2.24, 2.45) is 17.8 Å². The van der Waals surface area contributed by atoms with Crippen molar-refractivity contribution in [3.05, 3.63) is 29.8 Å². The van der Waals surface area contributed by atoms with Gasteiger partial charge in [0.2, 0.25) is 5.91 Å². The van der Waals surface area contributed by atoms with E-state index in [-0.39, 0.29) is 23.5 Å². The van der Waals surface area contributed by atoms with Gasteiger partial charge in [-0.3, -0.25) is 9.69 Å². The fourth-order valence-electron chi connectivity index (χ4n) is 7.71. The lowest BCUT2D eigenvalue weighted by atomic mass is 9.68. The molecular formula is C25H31N5O2. The van der Waals surface area contributed by atoms with Crippen LogP contribution >= 0.6 is 0 Å². The van der Waals surface area contributed by atoms with E-state index in [1.807, 2.05) is 4.90 Å². The molecule has 2 N–H and O–H groups in total. The highest BCUT2D eigenvalue weighted by molar-refractivity contribution is 5.94. The number of anilines is 1. The summed E-state index contributed by atoms with van der Waals surface area (Å²) in [6, 6.07) is 10.7. The highest BCUT2D eigenvalue weighted by Crippen LogP contribution is 2.65. The molecule has 0 radical (unpaired) electrons. The van der Waals surface area contributed by atoms with Crippen molar-refractivity contribution < 1.29 is 9.59 Å². The molecule has 0 spiro atoms. The average molecular weight is 434 g/mol. The molecule has 2 unspecified atom stereocenters. The molecule has 7 nitrogen and oxygen atoms in total. The maximum absolute atomic E-state index is 12.8. The van der Waals surface area contributed by atoms with Crippen molar-refractivity contribution in [3.63, 3.8) is 0 Å². The van der Waals surface area contributed by atoms with Crippen LogP contribution in [0.1, 0.15) is 50.0 Å². The predicted molar refractivity (Wildman–Crippen MR) is 120 cm³/mol. The molecule has 32 heavy (non-hydrogen) atoms. The Balaban J connectivity index is 1.12. The molecule has 7 rings (SSSR count). The lowest BCUT2D eigenvalue weighted by Gasteiger charge is -2.40. The Morgan fingerprint density at radius 1 is 1.19 bits per heavy atom. The third kappa shape index (κ3) is 3.03. The second kappa shape index (κ2) is 7.48. The molecule has 6 aliphatic rings. The Hall–Kier alpha value is -2.59. The number of benzene rings is 1. The van der Waals surface area contributed by atoms with E-state index < -0.39 is 0 Å². The predicted octanol–water partition coefficient (Wildman–Crippen LogP) is 2.59. The van der Waals surface area contributed by atoms with Crippen LogP contribution in [-0.4, -0.2) is 54.6 Å². The van der Waals surface area contributed by atoms with Crippen molar-refractivity contribution >= 4 is 17.6 Å². The van der Waals surface area contributed by atoms with E-state index in [2.05, 4.69) is 41.0 Å². The topological polar surface area (TPSA) is 88.5 Å². The summed E-state index contributed by atoms with van der Waals surface area (Å²) in [6.45, 7) is 2.53. The van der Waals surface area contributed by atoms with Gasteiger partial charge in [-0.1, -0.05) is 12.1 Å². The fraction of sp³-hybridized carbons (Fsp3) is 0.640. The first-order valence-corrected chi connectivity index (χ1v) is 12.2. The molecule has 4 saturated carbocycles. The summed E-state index contributed by atoms with van der Waals surface area (Å²) in [4.78, 5) is 28.3. The fourth-order valence-corrected chi connectivity index (χ4v) is 7.71. The van der Waals surface area contributed by atoms with Gasteiger partial charge in [-0.2, -0.15) is 5.26 Å².